The number of nitrogens with zero attached hydrogens (tertiary/aromatic N) is 2. The summed E-state index contributed by atoms with van der Waals surface area (Å²) < 4.78 is 26.3. The Morgan fingerprint density at radius 3 is 2.52 bits per heavy atom. The van der Waals surface area contributed by atoms with Crippen molar-refractivity contribution in [2.75, 3.05) is 18.5 Å². The Morgan fingerprint density at radius 2 is 1.90 bits per heavy atom. The van der Waals surface area contributed by atoms with Gasteiger partial charge < -0.3 is 4.90 Å². The Morgan fingerprint density at radius 1 is 1.17 bits per heavy atom. The molecule has 2 aromatic carbocycles. The number of sulfone groups is 1. The molecule has 0 aliphatic heterocycles. The van der Waals surface area contributed by atoms with E-state index < -0.39 is 9.84 Å². The van der Waals surface area contributed by atoms with Crippen LogP contribution in [0.4, 0.5) is 11.4 Å². The van der Waals surface area contributed by atoms with Crippen LogP contribution >= 0.6 is 11.6 Å². The van der Waals surface area contributed by atoms with Gasteiger partial charge in [-0.3, -0.25) is 0 Å². The molecule has 0 fully saturated rings. The van der Waals surface area contributed by atoms with Gasteiger partial charge in [0.05, 0.1) is 5.75 Å². The smallest absolute Gasteiger partial charge is 0.185 e. The van der Waals surface area contributed by atoms with Crippen molar-refractivity contribution in [2.24, 2.45) is 11.0 Å². The summed E-state index contributed by atoms with van der Waals surface area (Å²) in [6, 6.07) is 12.2. The Hall–Kier alpha value is -1.92. The molecule has 0 aromatic heterocycles. The molecule has 7 heteroatoms. The Balaban J connectivity index is 2.32. The predicted octanol–water partition coefficient (Wildman–Crippen LogP) is 4.81. The van der Waals surface area contributed by atoms with E-state index in [1.54, 1.807) is 36.4 Å². The lowest BCUT2D eigenvalue weighted by molar-refractivity contribution is -0.210. The average Bonchev–Trinajstić information content (AvgIpc) is 2.72. The molecule has 1 unspecified atom stereocenters. The number of nitrogens with two attached hydrogens (primary N) is 1. The number of anilines is 1. The summed E-state index contributed by atoms with van der Waals surface area (Å²) in [6.45, 7) is 5.27. The van der Waals surface area contributed by atoms with Crippen molar-refractivity contribution in [3.05, 3.63) is 53.1 Å². The van der Waals surface area contributed by atoms with Gasteiger partial charge in [-0.2, -0.15) is 5.53 Å². The maximum absolute atomic E-state index is 13.1. The highest BCUT2D eigenvalue weighted by Crippen LogP contribution is 2.32. The Bertz CT molecular complexity index is 931. The van der Waals surface area contributed by atoms with E-state index in [0.29, 0.717) is 16.5 Å². The van der Waals surface area contributed by atoms with Crippen LogP contribution in [0, 0.1) is 5.92 Å². The van der Waals surface area contributed by atoms with Gasteiger partial charge in [-0.05, 0) is 47.3 Å². The van der Waals surface area contributed by atoms with Crippen molar-refractivity contribution in [1.82, 2.24) is 0 Å². The number of unbranched alkanes of at least 4 members (excludes halogenated alkanes) is 1. The van der Waals surface area contributed by atoms with Crippen LogP contribution in [0.1, 0.15) is 45.1 Å². The highest BCUT2D eigenvalue weighted by molar-refractivity contribution is 7.90. The zero-order valence-electron chi connectivity index (χ0n) is 17.4. The fraction of sp³-hybridized carbons (Fsp3) is 0.455. The zero-order valence-corrected chi connectivity index (χ0v) is 19.0. The fourth-order valence-electron chi connectivity index (χ4n) is 3.40. The third-order valence-corrected chi connectivity index (χ3v) is 7.29. The van der Waals surface area contributed by atoms with E-state index in [9.17, 15) is 8.42 Å². The summed E-state index contributed by atoms with van der Waals surface area (Å²) in [5, 5.41) is 4.12. The highest BCUT2D eigenvalue weighted by atomic mass is 35.5. The van der Waals surface area contributed by atoms with Gasteiger partial charge >= 0.3 is 0 Å². The van der Waals surface area contributed by atoms with E-state index in [0.717, 1.165) is 18.7 Å². The van der Waals surface area contributed by atoms with Crippen LogP contribution in [0.25, 0.3) is 0 Å². The third-order valence-electron chi connectivity index (χ3n) is 5.24. The van der Waals surface area contributed by atoms with Crippen molar-refractivity contribution in [3.8, 4) is 0 Å². The second-order valence-electron chi connectivity index (χ2n) is 7.43. The summed E-state index contributed by atoms with van der Waals surface area (Å²) in [4.78, 5) is 2.24. The first-order valence-corrected chi connectivity index (χ1v) is 12.1. The molecule has 0 aliphatic carbocycles. The molecule has 0 amide bonds. The molecule has 0 saturated carbocycles. The van der Waals surface area contributed by atoms with E-state index in [2.05, 4.69) is 23.9 Å². The lowest BCUT2D eigenvalue weighted by atomic mass is 9.98. The van der Waals surface area contributed by atoms with Crippen LogP contribution in [0.15, 0.2) is 52.5 Å². The van der Waals surface area contributed by atoms with Crippen LogP contribution < -0.4 is 10.4 Å². The van der Waals surface area contributed by atoms with Crippen molar-refractivity contribution in [2.45, 2.75) is 50.2 Å². The molecule has 0 spiro atoms. The van der Waals surface area contributed by atoms with E-state index in [1.165, 1.54) is 19.3 Å². The van der Waals surface area contributed by atoms with E-state index in [4.69, 9.17) is 17.1 Å². The van der Waals surface area contributed by atoms with Gasteiger partial charge in [0, 0.05) is 24.3 Å². The number of hydrogen-bond acceptors (Lipinski definition) is 4. The molecule has 2 aromatic rings. The fourth-order valence-corrected chi connectivity index (χ4v) is 5.24. The molecule has 2 N–H and O–H groups in total. The highest BCUT2D eigenvalue weighted by Gasteiger charge is 2.23. The molecule has 0 aliphatic rings. The van der Waals surface area contributed by atoms with E-state index in [1.807, 2.05) is 13.1 Å². The minimum absolute atomic E-state index is 0.130. The average molecular weight is 437 g/mol. The quantitative estimate of drug-likeness (QED) is 0.513. The number of rotatable bonds is 11. The second kappa shape index (κ2) is 10.7. The largest absolute Gasteiger partial charge is 0.374 e. The molecule has 5 nitrogen and oxygen atoms in total. The summed E-state index contributed by atoms with van der Waals surface area (Å²) in [5.41, 5.74) is 7.13. The lowest BCUT2D eigenvalue weighted by Gasteiger charge is -2.25. The van der Waals surface area contributed by atoms with E-state index >= 15 is 0 Å². The van der Waals surface area contributed by atoms with Crippen LogP contribution in [0.2, 0.25) is 5.02 Å². The lowest BCUT2D eigenvalue weighted by Crippen LogP contribution is -2.26. The molecular formula is C22H31ClN3O2S+. The summed E-state index contributed by atoms with van der Waals surface area (Å²) in [7, 11) is -1.67. The molecule has 0 radical (unpaired) electrons. The van der Waals surface area contributed by atoms with Crippen molar-refractivity contribution in [3.63, 3.8) is 0 Å². The predicted molar refractivity (Wildman–Crippen MR) is 119 cm³/mol. The third kappa shape index (κ3) is 6.28. The molecular weight excluding hydrogens is 406 g/mol. The Labute approximate surface area is 179 Å². The minimum atomic E-state index is -3.67. The van der Waals surface area contributed by atoms with Crippen molar-refractivity contribution >= 4 is 32.8 Å². The van der Waals surface area contributed by atoms with Gasteiger partial charge in [0.1, 0.15) is 10.6 Å². The normalized spacial score (nSPS) is 12.6. The SMILES string of the molecule is CCCCC(CC)CN(C)c1ccc(N=[NH2+])c(S(=O)(=O)Cc2ccccc2Cl)c1. The maximum Gasteiger partial charge on any atom is 0.185 e. The number of halogens is 1. The molecule has 158 valence electrons. The first-order valence-electron chi connectivity index (χ1n) is 10.0. The topological polar surface area (TPSA) is 75.3 Å². The Kier molecular flexibility index (Phi) is 8.65. The first-order chi connectivity index (χ1) is 13.8. The first kappa shape index (κ1) is 23.4. The number of hydrogen-bond donors (Lipinski definition) is 1. The van der Waals surface area contributed by atoms with Gasteiger partial charge in [0.2, 0.25) is 0 Å². The summed E-state index contributed by atoms with van der Waals surface area (Å²) in [6.07, 6.45) is 4.65. The summed E-state index contributed by atoms with van der Waals surface area (Å²) >= 11 is 6.17. The van der Waals surface area contributed by atoms with Crippen LogP contribution in [0.5, 0.6) is 0 Å². The van der Waals surface area contributed by atoms with E-state index in [-0.39, 0.29) is 16.3 Å². The number of benzene rings is 2. The van der Waals surface area contributed by atoms with Crippen LogP contribution in [-0.2, 0) is 15.6 Å². The minimum Gasteiger partial charge on any atom is -0.374 e. The van der Waals surface area contributed by atoms with Gasteiger partial charge in [0.15, 0.2) is 9.84 Å². The van der Waals surface area contributed by atoms with Gasteiger partial charge in [-0.25, -0.2) is 8.42 Å². The molecule has 29 heavy (non-hydrogen) atoms. The standard InChI is InChI=1S/C22H30ClN3O2S/c1-4-6-9-17(5-2)15-26(3)19-12-13-21(25-24)22(14-19)29(27,28)16-18-10-7-8-11-20(18)23/h7-8,10-14,17,24H,4-6,9,15-16H2,1-3H3/p+1. The molecule has 0 bridgehead atoms. The van der Waals surface area contributed by atoms with Gasteiger partial charge in [-0.15, -0.1) is 0 Å². The van der Waals surface area contributed by atoms with Gasteiger partial charge in [-0.1, -0.05) is 62.9 Å². The maximum atomic E-state index is 13.1. The zero-order chi connectivity index (χ0) is 21.4. The van der Waals surface area contributed by atoms with Crippen molar-refractivity contribution in [1.29, 1.82) is 0 Å². The molecule has 0 saturated heterocycles. The monoisotopic (exact) mass is 436 g/mol. The summed E-state index contributed by atoms with van der Waals surface area (Å²) in [5.74, 6) is 0.373. The second-order valence-corrected chi connectivity index (χ2v) is 9.79. The van der Waals surface area contributed by atoms with Crippen LogP contribution in [-0.4, -0.2) is 22.0 Å². The molecule has 0 heterocycles. The molecule has 1 atom stereocenters. The van der Waals surface area contributed by atoms with Gasteiger partial charge in [0.25, 0.3) is 0 Å². The van der Waals surface area contributed by atoms with Crippen LogP contribution in [0.3, 0.4) is 0 Å². The van der Waals surface area contributed by atoms with Crippen molar-refractivity contribution < 1.29 is 13.9 Å². The molecule has 2 rings (SSSR count).